The lowest BCUT2D eigenvalue weighted by Gasteiger charge is -2.12. The van der Waals surface area contributed by atoms with Crippen LogP contribution in [0.3, 0.4) is 0 Å². The van der Waals surface area contributed by atoms with Crippen molar-refractivity contribution >= 4 is 5.78 Å². The van der Waals surface area contributed by atoms with E-state index in [1.54, 1.807) is 0 Å². The van der Waals surface area contributed by atoms with Crippen molar-refractivity contribution in [3.63, 3.8) is 0 Å². The Morgan fingerprint density at radius 1 is 1.27 bits per heavy atom. The maximum absolute atomic E-state index is 11.5. The van der Waals surface area contributed by atoms with Gasteiger partial charge in [0.2, 0.25) is 0 Å². The first kappa shape index (κ1) is 11.9. The van der Waals surface area contributed by atoms with Gasteiger partial charge >= 0.3 is 0 Å². The third-order valence-corrected chi connectivity index (χ3v) is 2.52. The lowest BCUT2D eigenvalue weighted by atomic mass is 9.97. The van der Waals surface area contributed by atoms with Gasteiger partial charge < -0.3 is 5.73 Å². The summed E-state index contributed by atoms with van der Waals surface area (Å²) >= 11 is 0. The normalized spacial score (nSPS) is 12.8. The van der Waals surface area contributed by atoms with E-state index in [9.17, 15) is 4.79 Å². The lowest BCUT2D eigenvalue weighted by Crippen LogP contribution is -2.34. The van der Waals surface area contributed by atoms with Gasteiger partial charge in [-0.25, -0.2) is 0 Å². The minimum Gasteiger partial charge on any atom is -0.321 e. The van der Waals surface area contributed by atoms with Gasteiger partial charge in [0.1, 0.15) is 0 Å². The molecule has 0 aromatic heterocycles. The highest BCUT2D eigenvalue weighted by atomic mass is 16.1. The number of hydrogen-bond acceptors (Lipinski definition) is 2. The van der Waals surface area contributed by atoms with Gasteiger partial charge in [-0.2, -0.15) is 0 Å². The highest BCUT2D eigenvalue weighted by Gasteiger charge is 2.16. The van der Waals surface area contributed by atoms with Gasteiger partial charge in [0.15, 0.2) is 5.78 Å². The number of benzene rings is 1. The standard InChI is InChI=1S/C13H19NO/c1-10(2)13(15)12(14)9-8-11-6-4-3-5-7-11/h3-7,10,12H,8-9,14H2,1-2H3/t12-/m1/s1. The van der Waals surface area contributed by atoms with Crippen molar-refractivity contribution in [3.05, 3.63) is 35.9 Å². The largest absolute Gasteiger partial charge is 0.321 e. The first-order valence-electron chi connectivity index (χ1n) is 5.44. The zero-order chi connectivity index (χ0) is 11.3. The molecule has 0 saturated carbocycles. The number of carbonyl (C=O) groups excluding carboxylic acids is 1. The van der Waals surface area contributed by atoms with E-state index in [2.05, 4.69) is 12.1 Å². The van der Waals surface area contributed by atoms with Crippen molar-refractivity contribution in [1.29, 1.82) is 0 Å². The summed E-state index contributed by atoms with van der Waals surface area (Å²) in [4.78, 5) is 11.5. The second-order valence-corrected chi connectivity index (χ2v) is 4.19. The van der Waals surface area contributed by atoms with E-state index in [0.717, 1.165) is 12.8 Å². The summed E-state index contributed by atoms with van der Waals surface area (Å²) in [5, 5.41) is 0. The molecule has 1 aromatic rings. The van der Waals surface area contributed by atoms with E-state index in [4.69, 9.17) is 5.73 Å². The van der Waals surface area contributed by atoms with Gasteiger partial charge in [0.25, 0.3) is 0 Å². The third-order valence-electron chi connectivity index (χ3n) is 2.52. The Kier molecular flexibility index (Phi) is 4.50. The topological polar surface area (TPSA) is 43.1 Å². The molecule has 2 heteroatoms. The molecule has 0 aliphatic rings. The maximum atomic E-state index is 11.5. The molecular formula is C13H19NO. The number of hydrogen-bond donors (Lipinski definition) is 1. The number of Topliss-reactive ketones (excluding diaryl/α,β-unsaturated/α-hetero) is 1. The molecule has 0 fully saturated rings. The summed E-state index contributed by atoms with van der Waals surface area (Å²) in [7, 11) is 0. The molecule has 0 aliphatic heterocycles. The predicted molar refractivity (Wildman–Crippen MR) is 62.6 cm³/mol. The molecule has 2 N–H and O–H groups in total. The number of aryl methyl sites for hydroxylation is 1. The van der Waals surface area contributed by atoms with Crippen LogP contribution >= 0.6 is 0 Å². The summed E-state index contributed by atoms with van der Waals surface area (Å²) in [6.07, 6.45) is 1.61. The smallest absolute Gasteiger partial charge is 0.152 e. The number of carbonyl (C=O) groups is 1. The zero-order valence-corrected chi connectivity index (χ0v) is 9.44. The van der Waals surface area contributed by atoms with Gasteiger partial charge in [-0.15, -0.1) is 0 Å². The van der Waals surface area contributed by atoms with Gasteiger partial charge in [-0.3, -0.25) is 4.79 Å². The molecule has 0 aliphatic carbocycles. The van der Waals surface area contributed by atoms with Crippen LogP contribution in [-0.2, 0) is 11.2 Å². The third kappa shape index (κ3) is 3.84. The molecule has 1 aromatic carbocycles. The van der Waals surface area contributed by atoms with Crippen molar-refractivity contribution in [2.75, 3.05) is 0 Å². The minimum atomic E-state index is -0.315. The average molecular weight is 205 g/mol. The van der Waals surface area contributed by atoms with Gasteiger partial charge in [0.05, 0.1) is 6.04 Å². The van der Waals surface area contributed by atoms with Gasteiger partial charge in [0, 0.05) is 5.92 Å². The van der Waals surface area contributed by atoms with E-state index in [1.165, 1.54) is 5.56 Å². The van der Waals surface area contributed by atoms with E-state index < -0.39 is 0 Å². The summed E-state index contributed by atoms with van der Waals surface area (Å²) in [6.45, 7) is 3.79. The second kappa shape index (κ2) is 5.66. The summed E-state index contributed by atoms with van der Waals surface area (Å²) in [5.41, 5.74) is 7.06. The molecule has 2 nitrogen and oxygen atoms in total. The van der Waals surface area contributed by atoms with Crippen LogP contribution in [-0.4, -0.2) is 11.8 Å². The highest BCUT2D eigenvalue weighted by molar-refractivity contribution is 5.85. The van der Waals surface area contributed by atoms with Crippen LogP contribution < -0.4 is 5.73 Å². The Morgan fingerprint density at radius 3 is 2.40 bits per heavy atom. The molecule has 0 spiro atoms. The number of ketones is 1. The summed E-state index contributed by atoms with van der Waals surface area (Å²) in [6, 6.07) is 9.81. The van der Waals surface area contributed by atoms with Gasteiger partial charge in [-0.05, 0) is 18.4 Å². The highest BCUT2D eigenvalue weighted by Crippen LogP contribution is 2.07. The molecule has 15 heavy (non-hydrogen) atoms. The van der Waals surface area contributed by atoms with Crippen molar-refractivity contribution in [3.8, 4) is 0 Å². The molecule has 0 amide bonds. The van der Waals surface area contributed by atoms with Crippen LogP contribution in [0.4, 0.5) is 0 Å². The Bertz CT molecular complexity index is 306. The van der Waals surface area contributed by atoms with Crippen LogP contribution in [0, 0.1) is 5.92 Å². The molecule has 1 atom stereocenters. The van der Waals surface area contributed by atoms with Crippen LogP contribution in [0.15, 0.2) is 30.3 Å². The summed E-state index contributed by atoms with van der Waals surface area (Å²) < 4.78 is 0. The SMILES string of the molecule is CC(C)C(=O)[C@H](N)CCc1ccccc1. The average Bonchev–Trinajstić information content (AvgIpc) is 2.26. The van der Waals surface area contributed by atoms with Crippen LogP contribution in [0.2, 0.25) is 0 Å². The quantitative estimate of drug-likeness (QED) is 0.800. The van der Waals surface area contributed by atoms with Crippen molar-refractivity contribution in [2.45, 2.75) is 32.7 Å². The molecule has 0 bridgehead atoms. The van der Waals surface area contributed by atoms with E-state index >= 15 is 0 Å². The first-order chi connectivity index (χ1) is 7.11. The maximum Gasteiger partial charge on any atom is 0.152 e. The van der Waals surface area contributed by atoms with Crippen molar-refractivity contribution < 1.29 is 4.79 Å². The molecule has 1 rings (SSSR count). The fourth-order valence-electron chi connectivity index (χ4n) is 1.54. The fourth-order valence-corrected chi connectivity index (χ4v) is 1.54. The van der Waals surface area contributed by atoms with Gasteiger partial charge in [-0.1, -0.05) is 44.2 Å². The molecule has 0 radical (unpaired) electrons. The lowest BCUT2D eigenvalue weighted by molar-refractivity contribution is -0.123. The van der Waals surface area contributed by atoms with E-state index in [0.29, 0.717) is 0 Å². The Labute approximate surface area is 91.5 Å². The predicted octanol–water partition coefficient (Wildman–Crippen LogP) is 2.17. The molecule has 82 valence electrons. The Morgan fingerprint density at radius 2 is 1.87 bits per heavy atom. The van der Waals surface area contributed by atoms with Crippen LogP contribution in [0.25, 0.3) is 0 Å². The monoisotopic (exact) mass is 205 g/mol. The van der Waals surface area contributed by atoms with Crippen LogP contribution in [0.1, 0.15) is 25.8 Å². The van der Waals surface area contributed by atoms with Crippen LogP contribution in [0.5, 0.6) is 0 Å². The minimum absolute atomic E-state index is 0.0378. The number of nitrogens with two attached hydrogens (primary N) is 1. The van der Waals surface area contributed by atoms with Crippen molar-refractivity contribution in [1.82, 2.24) is 0 Å². The molecular weight excluding hydrogens is 186 g/mol. The first-order valence-corrected chi connectivity index (χ1v) is 5.44. The van der Waals surface area contributed by atoms with Crippen molar-refractivity contribution in [2.24, 2.45) is 11.7 Å². The molecule has 0 unspecified atom stereocenters. The fraction of sp³-hybridized carbons (Fsp3) is 0.462. The zero-order valence-electron chi connectivity index (χ0n) is 9.44. The molecule has 0 saturated heterocycles. The number of rotatable bonds is 5. The Balaban J connectivity index is 2.41. The van der Waals surface area contributed by atoms with E-state index in [-0.39, 0.29) is 17.7 Å². The molecule has 0 heterocycles. The summed E-state index contributed by atoms with van der Waals surface area (Å²) in [5.74, 6) is 0.196. The van der Waals surface area contributed by atoms with E-state index in [1.807, 2.05) is 32.0 Å². The Hall–Kier alpha value is -1.15. The second-order valence-electron chi connectivity index (χ2n) is 4.19.